The van der Waals surface area contributed by atoms with Crippen LogP contribution in [0.1, 0.15) is 12.0 Å². The van der Waals surface area contributed by atoms with Gasteiger partial charge in [0, 0.05) is 12.6 Å². The normalized spacial score (nSPS) is 10.2. The third kappa shape index (κ3) is 4.72. The standard InChI is InChI=1S/C16H18N2O2/c19-15-9-5-11-18(12-15)13-16(20)17-10-4-8-14-6-2-1-3-7-14/h1-3,5-7,9,11-12H,4,8,10,13H2,(H-,17,19,20)/p+1. The van der Waals surface area contributed by atoms with Crippen molar-refractivity contribution in [1.29, 1.82) is 0 Å². The molecule has 4 nitrogen and oxygen atoms in total. The van der Waals surface area contributed by atoms with Crippen LogP contribution in [0.25, 0.3) is 0 Å². The van der Waals surface area contributed by atoms with E-state index in [-0.39, 0.29) is 18.2 Å². The highest BCUT2D eigenvalue weighted by atomic mass is 16.3. The number of amides is 1. The van der Waals surface area contributed by atoms with Crippen LogP contribution in [0.3, 0.4) is 0 Å². The van der Waals surface area contributed by atoms with E-state index in [1.165, 1.54) is 11.8 Å². The quantitative estimate of drug-likeness (QED) is 0.617. The van der Waals surface area contributed by atoms with E-state index in [2.05, 4.69) is 17.4 Å². The molecule has 0 fully saturated rings. The van der Waals surface area contributed by atoms with Crippen molar-refractivity contribution >= 4 is 5.91 Å². The minimum atomic E-state index is -0.0475. The van der Waals surface area contributed by atoms with Crippen LogP contribution in [0, 0.1) is 0 Å². The molecular formula is C16H19N2O2+. The molecule has 0 radical (unpaired) electrons. The van der Waals surface area contributed by atoms with Crippen molar-refractivity contribution in [3.05, 3.63) is 60.4 Å². The van der Waals surface area contributed by atoms with E-state index in [4.69, 9.17) is 0 Å². The first-order valence-electron chi connectivity index (χ1n) is 6.73. The van der Waals surface area contributed by atoms with Crippen molar-refractivity contribution in [2.24, 2.45) is 0 Å². The number of nitrogens with one attached hydrogen (secondary N) is 1. The first-order chi connectivity index (χ1) is 9.74. The summed E-state index contributed by atoms with van der Waals surface area (Å²) in [6, 6.07) is 13.5. The summed E-state index contributed by atoms with van der Waals surface area (Å²) >= 11 is 0. The minimum absolute atomic E-state index is 0.0475. The van der Waals surface area contributed by atoms with Gasteiger partial charge in [0.25, 0.3) is 5.91 Å². The topological polar surface area (TPSA) is 53.2 Å². The number of aryl methyl sites for hydroxylation is 1. The summed E-state index contributed by atoms with van der Waals surface area (Å²) in [4.78, 5) is 11.7. The van der Waals surface area contributed by atoms with Gasteiger partial charge in [-0.15, -0.1) is 0 Å². The maximum absolute atomic E-state index is 11.7. The predicted octanol–water partition coefficient (Wildman–Crippen LogP) is 1.43. The number of hydrogen-bond donors (Lipinski definition) is 2. The number of aromatic nitrogens is 1. The molecule has 0 unspecified atom stereocenters. The minimum Gasteiger partial charge on any atom is -0.503 e. The SMILES string of the molecule is O=C(C[n+]1cccc(O)c1)NCCCc1ccccc1. The molecular weight excluding hydrogens is 252 g/mol. The Morgan fingerprint density at radius 1 is 1.15 bits per heavy atom. The number of benzene rings is 1. The van der Waals surface area contributed by atoms with Gasteiger partial charge >= 0.3 is 0 Å². The maximum Gasteiger partial charge on any atom is 0.285 e. The van der Waals surface area contributed by atoms with E-state index in [1.807, 2.05) is 18.2 Å². The molecule has 1 heterocycles. The van der Waals surface area contributed by atoms with E-state index in [0.29, 0.717) is 6.54 Å². The maximum atomic E-state index is 11.7. The molecule has 0 atom stereocenters. The lowest BCUT2D eigenvalue weighted by Gasteiger charge is -2.03. The number of nitrogens with zero attached hydrogens (tertiary/aromatic N) is 1. The predicted molar refractivity (Wildman–Crippen MR) is 76.1 cm³/mol. The molecule has 2 aromatic rings. The molecule has 1 amide bonds. The van der Waals surface area contributed by atoms with Gasteiger partial charge in [-0.25, -0.2) is 0 Å². The summed E-state index contributed by atoms with van der Waals surface area (Å²) in [5.41, 5.74) is 1.28. The Hall–Kier alpha value is -2.36. The Balaban J connectivity index is 1.68. The van der Waals surface area contributed by atoms with Gasteiger partial charge in [-0.05, 0) is 24.5 Å². The number of pyridine rings is 1. The highest BCUT2D eigenvalue weighted by Gasteiger charge is 2.08. The number of carbonyl (C=O) groups excluding carboxylic acids is 1. The number of carbonyl (C=O) groups is 1. The Morgan fingerprint density at radius 3 is 2.70 bits per heavy atom. The van der Waals surface area contributed by atoms with Gasteiger partial charge in [-0.1, -0.05) is 30.3 Å². The van der Waals surface area contributed by atoms with Crippen LogP contribution in [-0.2, 0) is 17.8 Å². The lowest BCUT2D eigenvalue weighted by molar-refractivity contribution is -0.684. The van der Waals surface area contributed by atoms with Crippen LogP contribution < -0.4 is 9.88 Å². The molecule has 0 saturated heterocycles. The van der Waals surface area contributed by atoms with Gasteiger partial charge in [0.2, 0.25) is 12.7 Å². The Bertz CT molecular complexity index is 555. The van der Waals surface area contributed by atoms with Crippen molar-refractivity contribution in [3.63, 3.8) is 0 Å². The molecule has 0 spiro atoms. The molecule has 2 rings (SSSR count). The summed E-state index contributed by atoms with van der Waals surface area (Å²) < 4.78 is 1.65. The average molecular weight is 271 g/mol. The number of rotatable bonds is 6. The molecule has 0 aliphatic rings. The van der Waals surface area contributed by atoms with Gasteiger partial charge in [0.1, 0.15) is 0 Å². The van der Waals surface area contributed by atoms with Crippen LogP contribution in [0.5, 0.6) is 5.75 Å². The highest BCUT2D eigenvalue weighted by molar-refractivity contribution is 5.74. The van der Waals surface area contributed by atoms with Gasteiger partial charge in [-0.2, -0.15) is 4.57 Å². The monoisotopic (exact) mass is 271 g/mol. The molecule has 104 valence electrons. The molecule has 1 aromatic heterocycles. The molecule has 20 heavy (non-hydrogen) atoms. The van der Waals surface area contributed by atoms with Crippen molar-refractivity contribution in [1.82, 2.24) is 5.32 Å². The zero-order valence-electron chi connectivity index (χ0n) is 11.3. The van der Waals surface area contributed by atoms with Crippen LogP contribution in [0.4, 0.5) is 0 Å². The van der Waals surface area contributed by atoms with E-state index in [1.54, 1.807) is 22.9 Å². The van der Waals surface area contributed by atoms with Crippen molar-refractivity contribution < 1.29 is 14.5 Å². The lowest BCUT2D eigenvalue weighted by Crippen LogP contribution is -2.42. The first-order valence-corrected chi connectivity index (χ1v) is 6.73. The molecule has 0 saturated carbocycles. The smallest absolute Gasteiger partial charge is 0.285 e. The van der Waals surface area contributed by atoms with E-state index < -0.39 is 0 Å². The molecule has 4 heteroatoms. The number of aromatic hydroxyl groups is 1. The van der Waals surface area contributed by atoms with E-state index >= 15 is 0 Å². The second kappa shape index (κ2) is 7.28. The highest BCUT2D eigenvalue weighted by Crippen LogP contribution is 2.01. The summed E-state index contributed by atoms with van der Waals surface area (Å²) in [5, 5.41) is 12.2. The third-order valence-corrected chi connectivity index (χ3v) is 2.98. The molecule has 0 aliphatic carbocycles. The van der Waals surface area contributed by atoms with Crippen molar-refractivity contribution in [2.45, 2.75) is 19.4 Å². The Morgan fingerprint density at radius 2 is 1.95 bits per heavy atom. The van der Waals surface area contributed by atoms with Crippen LogP contribution in [0.15, 0.2) is 54.9 Å². The zero-order chi connectivity index (χ0) is 14.2. The molecule has 1 aromatic carbocycles. The second-order valence-electron chi connectivity index (χ2n) is 4.67. The van der Waals surface area contributed by atoms with Gasteiger partial charge in [0.15, 0.2) is 11.9 Å². The summed E-state index contributed by atoms with van der Waals surface area (Å²) in [7, 11) is 0. The molecule has 2 N–H and O–H groups in total. The van der Waals surface area contributed by atoms with Crippen LogP contribution >= 0.6 is 0 Å². The second-order valence-corrected chi connectivity index (χ2v) is 4.67. The molecule has 0 aliphatic heterocycles. The first kappa shape index (κ1) is 14.1. The summed E-state index contributed by atoms with van der Waals surface area (Å²) in [6.45, 7) is 0.882. The van der Waals surface area contributed by atoms with Gasteiger partial charge in [-0.3, -0.25) is 4.79 Å². The lowest BCUT2D eigenvalue weighted by atomic mass is 10.1. The van der Waals surface area contributed by atoms with Crippen LogP contribution in [-0.4, -0.2) is 17.6 Å². The van der Waals surface area contributed by atoms with E-state index in [9.17, 15) is 9.90 Å². The average Bonchev–Trinajstić information content (AvgIpc) is 2.45. The fourth-order valence-corrected chi connectivity index (χ4v) is 1.99. The van der Waals surface area contributed by atoms with E-state index in [0.717, 1.165) is 12.8 Å². The molecule has 0 bridgehead atoms. The summed E-state index contributed by atoms with van der Waals surface area (Å²) in [6.07, 6.45) is 5.16. The Labute approximate surface area is 118 Å². The number of hydrogen-bond acceptors (Lipinski definition) is 2. The van der Waals surface area contributed by atoms with Crippen molar-refractivity contribution in [3.8, 4) is 5.75 Å². The third-order valence-electron chi connectivity index (χ3n) is 2.98. The fourth-order valence-electron chi connectivity index (χ4n) is 1.99. The van der Waals surface area contributed by atoms with Crippen molar-refractivity contribution in [2.75, 3.05) is 6.54 Å². The summed E-state index contributed by atoms with van der Waals surface area (Å²) in [5.74, 6) is 0.109. The fraction of sp³-hybridized carbons (Fsp3) is 0.250. The van der Waals surface area contributed by atoms with Crippen LogP contribution in [0.2, 0.25) is 0 Å². The van der Waals surface area contributed by atoms with Gasteiger partial charge in [0.05, 0.1) is 0 Å². The Kier molecular flexibility index (Phi) is 5.12. The largest absolute Gasteiger partial charge is 0.503 e. The van der Waals surface area contributed by atoms with Gasteiger partial charge < -0.3 is 10.4 Å². The zero-order valence-corrected chi connectivity index (χ0v) is 11.3.